The monoisotopic (exact) mass is 508 g/mol. The molecule has 0 spiro atoms. The Morgan fingerprint density at radius 1 is 0.778 bits per heavy atom. The maximum atomic E-state index is 2.71. The number of hydrogen-bond acceptors (Lipinski definition) is 0. The molecule has 0 amide bonds. The first kappa shape index (κ1) is 24.8. The van der Waals surface area contributed by atoms with Gasteiger partial charge < -0.3 is 37.2 Å². The summed E-state index contributed by atoms with van der Waals surface area (Å²) >= 11 is 1.62. The third kappa shape index (κ3) is 4.51. The molecule has 0 bridgehead atoms. The minimum absolute atomic E-state index is 0. The van der Waals surface area contributed by atoms with Crippen molar-refractivity contribution < 1.29 is 61.9 Å². The van der Waals surface area contributed by atoms with Crippen molar-refractivity contribution in [3.8, 4) is 0 Å². The van der Waals surface area contributed by atoms with E-state index in [9.17, 15) is 0 Å². The van der Waals surface area contributed by atoms with Gasteiger partial charge in [0.05, 0.1) is 0 Å². The van der Waals surface area contributed by atoms with E-state index < -0.39 is 8.41 Å². The minimum Gasteiger partial charge on any atom is -1.00 e. The van der Waals surface area contributed by atoms with Crippen molar-refractivity contribution in [2.45, 2.75) is 28.1 Å². The van der Waals surface area contributed by atoms with Crippen LogP contribution in [0.15, 0.2) is 60.7 Å². The number of rotatable bonds is 3. The second kappa shape index (κ2) is 9.99. The van der Waals surface area contributed by atoms with Crippen LogP contribution in [-0.2, 0) is 24.7 Å². The molecule has 2 aromatic carbocycles. The van der Waals surface area contributed by atoms with Crippen LogP contribution in [0.25, 0.3) is 12.2 Å². The van der Waals surface area contributed by atoms with Crippen LogP contribution in [0.2, 0.25) is 16.2 Å². The van der Waals surface area contributed by atoms with Gasteiger partial charge >= 0.3 is 162 Å². The topological polar surface area (TPSA) is 0 Å². The third-order valence-electron chi connectivity index (χ3n) is 5.16. The Morgan fingerprint density at radius 2 is 1.19 bits per heavy atom. The molecule has 2 aliphatic carbocycles. The first-order valence-corrected chi connectivity index (χ1v) is 12.4. The van der Waals surface area contributed by atoms with Crippen LogP contribution in [0.4, 0.5) is 0 Å². The van der Waals surface area contributed by atoms with Crippen LogP contribution < -0.4 is 37.2 Å². The molecule has 0 heterocycles. The van der Waals surface area contributed by atoms with E-state index in [4.69, 9.17) is 0 Å². The fourth-order valence-corrected chi connectivity index (χ4v) is 8.86. The number of hydrogen-bond donors (Lipinski definition) is 0. The zero-order chi connectivity index (χ0) is 16.7. The fourth-order valence-electron chi connectivity index (χ4n) is 4.18. The van der Waals surface area contributed by atoms with Crippen molar-refractivity contribution >= 4 is 26.2 Å². The van der Waals surface area contributed by atoms with Crippen molar-refractivity contribution in [3.63, 3.8) is 0 Å². The van der Waals surface area contributed by atoms with E-state index in [-0.39, 0.29) is 40.3 Å². The Hall–Kier alpha value is -0.240. The number of fused-ring (bicyclic) bond motifs is 2. The van der Waals surface area contributed by atoms with Crippen molar-refractivity contribution in [2.24, 2.45) is 0 Å². The van der Waals surface area contributed by atoms with Crippen LogP contribution in [0.5, 0.6) is 0 Å². The van der Waals surface area contributed by atoms with Crippen LogP contribution >= 0.6 is 0 Å². The molecule has 27 heavy (non-hydrogen) atoms. The standard InChI is InChI=1S/C22H21Si.3ClH.Zr/c1-23(2)15-22(20-13-11-16-7-3-5-9-18(16)20)21-14-12-17-8-4-6-10-19(17)21;;;;/h3-15,20-21H,1-2H3;3*1H;/q;;;;+3/p-3. The van der Waals surface area contributed by atoms with Gasteiger partial charge in [0.15, 0.2) is 0 Å². The predicted molar refractivity (Wildman–Crippen MR) is 103 cm³/mol. The SMILES string of the molecule is C[Si](C)=C[C]([Zr+3])(C1C=Cc2ccccc21)C1C=Cc2ccccc21.[Cl-].[Cl-].[Cl-]. The summed E-state index contributed by atoms with van der Waals surface area (Å²) in [5.74, 6) is 0.986. The predicted octanol–water partition coefficient (Wildman–Crippen LogP) is -3.54. The molecule has 0 nitrogen and oxygen atoms in total. The molecular weight excluding hydrogens is 490 g/mol. The first-order valence-electron chi connectivity index (χ1n) is 8.55. The van der Waals surface area contributed by atoms with Gasteiger partial charge in [-0.1, -0.05) is 0 Å². The molecule has 0 N–H and O–H groups in total. The molecule has 138 valence electrons. The maximum Gasteiger partial charge on any atom is -1.00 e. The molecule has 0 radical (unpaired) electrons. The average molecular weight is 511 g/mol. The molecule has 0 aliphatic heterocycles. The van der Waals surface area contributed by atoms with E-state index in [2.05, 4.69) is 91.6 Å². The molecule has 0 saturated carbocycles. The third-order valence-corrected chi connectivity index (χ3v) is 8.80. The maximum absolute atomic E-state index is 2.71. The summed E-state index contributed by atoms with van der Waals surface area (Å²) in [5.41, 5.74) is 8.53. The fraction of sp³-hybridized carbons (Fsp3) is 0.227. The van der Waals surface area contributed by atoms with Crippen LogP contribution in [0, 0.1) is 0 Å². The second-order valence-electron chi connectivity index (χ2n) is 7.09. The minimum atomic E-state index is -0.438. The Morgan fingerprint density at radius 3 is 1.59 bits per heavy atom. The van der Waals surface area contributed by atoms with Gasteiger partial charge in [-0.3, -0.25) is 0 Å². The van der Waals surface area contributed by atoms with E-state index in [0.29, 0.717) is 11.8 Å². The zero-order valence-corrected chi connectivity index (χ0v) is 21.0. The van der Waals surface area contributed by atoms with Gasteiger partial charge in [-0.05, 0) is 0 Å². The quantitative estimate of drug-likeness (QED) is 0.375. The zero-order valence-electron chi connectivity index (χ0n) is 15.3. The Labute approximate surface area is 197 Å². The first-order chi connectivity index (χ1) is 11.6. The van der Waals surface area contributed by atoms with Gasteiger partial charge in [0.25, 0.3) is 0 Å². The van der Waals surface area contributed by atoms with Gasteiger partial charge in [0, 0.05) is 0 Å². The van der Waals surface area contributed by atoms with Crippen molar-refractivity contribution in [1.82, 2.24) is 0 Å². The van der Waals surface area contributed by atoms with Gasteiger partial charge in [-0.2, -0.15) is 0 Å². The molecule has 0 aromatic heterocycles. The summed E-state index contributed by atoms with van der Waals surface area (Å²) in [6, 6.07) is 17.9. The normalized spacial score (nSPS) is 20.3. The van der Waals surface area contributed by atoms with Crippen LogP contribution in [0.1, 0.15) is 34.1 Å². The Kier molecular flexibility index (Phi) is 9.17. The summed E-state index contributed by atoms with van der Waals surface area (Å²) < 4.78 is 0.205. The molecule has 4 rings (SSSR count). The second-order valence-corrected chi connectivity index (χ2v) is 11.7. The average Bonchev–Trinajstić information content (AvgIpc) is 3.19. The van der Waals surface area contributed by atoms with Crippen molar-refractivity contribution in [2.75, 3.05) is 0 Å². The van der Waals surface area contributed by atoms with E-state index in [0.717, 1.165) is 0 Å². The molecule has 2 aromatic rings. The van der Waals surface area contributed by atoms with E-state index in [1.807, 2.05) is 0 Å². The summed E-state index contributed by atoms with van der Waals surface area (Å²) in [4.78, 5) is 0. The van der Waals surface area contributed by atoms with Gasteiger partial charge in [-0.15, -0.1) is 0 Å². The summed E-state index contributed by atoms with van der Waals surface area (Å²) in [7, 11) is -0.438. The van der Waals surface area contributed by atoms with Crippen molar-refractivity contribution in [3.05, 3.63) is 82.9 Å². The molecule has 0 saturated heterocycles. The van der Waals surface area contributed by atoms with E-state index in [1.165, 1.54) is 22.3 Å². The Bertz CT molecular complexity index is 823. The van der Waals surface area contributed by atoms with Gasteiger partial charge in [0.2, 0.25) is 0 Å². The van der Waals surface area contributed by atoms with Crippen LogP contribution in [-0.4, -0.2) is 14.1 Å². The summed E-state index contributed by atoms with van der Waals surface area (Å²) in [6.45, 7) is 4.83. The smallest absolute Gasteiger partial charge is 1.00 e. The molecule has 2 aliphatic rings. The number of halogens is 3. The van der Waals surface area contributed by atoms with Gasteiger partial charge in [-0.25, -0.2) is 0 Å². The van der Waals surface area contributed by atoms with E-state index in [1.54, 1.807) is 24.7 Å². The molecule has 2 unspecified atom stereocenters. The number of benzene rings is 2. The molecule has 2 atom stereocenters. The number of allylic oxidation sites excluding steroid dienone is 2. The Balaban J connectivity index is 0.00000121. The van der Waals surface area contributed by atoms with Crippen molar-refractivity contribution in [1.29, 1.82) is 0 Å². The van der Waals surface area contributed by atoms with Crippen LogP contribution in [0.3, 0.4) is 0 Å². The molecule has 0 fully saturated rings. The molecule has 5 heteroatoms. The van der Waals surface area contributed by atoms with E-state index >= 15 is 0 Å². The van der Waals surface area contributed by atoms with Gasteiger partial charge in [0.1, 0.15) is 0 Å². The summed E-state index contributed by atoms with van der Waals surface area (Å²) in [5, 5.41) is 0. The largest absolute Gasteiger partial charge is 1.00 e. The summed E-state index contributed by atoms with van der Waals surface area (Å²) in [6.07, 6.45) is 9.56. The molecular formula is C22H21Cl3SiZr.